The Morgan fingerprint density at radius 1 is 1.57 bits per heavy atom. The van der Waals surface area contributed by atoms with Crippen molar-refractivity contribution in [2.24, 2.45) is 0 Å². The molecule has 1 aromatic heterocycles. The van der Waals surface area contributed by atoms with Crippen LogP contribution in [0.15, 0.2) is 12.3 Å². The van der Waals surface area contributed by atoms with E-state index in [9.17, 15) is 4.79 Å². The van der Waals surface area contributed by atoms with E-state index in [1.165, 1.54) is 0 Å². The summed E-state index contributed by atoms with van der Waals surface area (Å²) in [5, 5.41) is 2.57. The van der Waals surface area contributed by atoms with Gasteiger partial charge in [-0.25, -0.2) is 9.97 Å². The Kier molecular flexibility index (Phi) is 4.04. The number of rotatable bonds is 4. The average Bonchev–Trinajstić information content (AvgIpc) is 2.26. The fraction of sp³-hybridized carbons (Fsp3) is 0.500. The molecule has 1 amide bonds. The second-order valence-electron chi connectivity index (χ2n) is 2.99. The number of hydrogen-bond acceptors (Lipinski definition) is 3. The zero-order valence-corrected chi connectivity index (χ0v) is 8.58. The summed E-state index contributed by atoms with van der Waals surface area (Å²) in [4.78, 5) is 19.4. The Hall–Kier alpha value is -1.45. The first kappa shape index (κ1) is 10.6. The maximum absolute atomic E-state index is 11.0. The summed E-state index contributed by atoms with van der Waals surface area (Å²) in [5.74, 6) is 0.767. The fourth-order valence-electron chi connectivity index (χ4n) is 1.11. The first-order valence-corrected chi connectivity index (χ1v) is 4.77. The van der Waals surface area contributed by atoms with E-state index >= 15 is 0 Å². The van der Waals surface area contributed by atoms with Crippen LogP contribution in [0.4, 0.5) is 0 Å². The van der Waals surface area contributed by atoms with Gasteiger partial charge in [0.1, 0.15) is 5.82 Å². The highest BCUT2D eigenvalue weighted by molar-refractivity contribution is 5.75. The highest BCUT2D eigenvalue weighted by Gasteiger charge is 2.02. The molecule has 4 heteroatoms. The summed E-state index contributed by atoms with van der Waals surface area (Å²) in [7, 11) is 1.63. The zero-order chi connectivity index (χ0) is 10.4. The number of aryl methyl sites for hydroxylation is 2. The van der Waals surface area contributed by atoms with Crippen molar-refractivity contribution < 1.29 is 4.79 Å². The fourth-order valence-corrected chi connectivity index (χ4v) is 1.11. The SMILES string of the molecule is CCc1ccnc(CCC(=O)NC)n1. The van der Waals surface area contributed by atoms with Gasteiger partial charge in [0.25, 0.3) is 0 Å². The zero-order valence-electron chi connectivity index (χ0n) is 8.58. The maximum atomic E-state index is 11.0. The second-order valence-corrected chi connectivity index (χ2v) is 2.99. The third-order valence-electron chi connectivity index (χ3n) is 1.98. The molecule has 4 nitrogen and oxygen atoms in total. The molecule has 14 heavy (non-hydrogen) atoms. The minimum Gasteiger partial charge on any atom is -0.359 e. The molecule has 0 atom stereocenters. The first-order chi connectivity index (χ1) is 6.76. The third-order valence-corrected chi connectivity index (χ3v) is 1.98. The molecule has 1 aromatic rings. The van der Waals surface area contributed by atoms with Crippen molar-refractivity contribution >= 4 is 5.91 Å². The molecule has 0 aliphatic rings. The number of hydrogen-bond donors (Lipinski definition) is 1. The Bertz CT molecular complexity index is 312. The van der Waals surface area contributed by atoms with Gasteiger partial charge in [-0.3, -0.25) is 4.79 Å². The van der Waals surface area contributed by atoms with Gasteiger partial charge in [0, 0.05) is 31.8 Å². The summed E-state index contributed by atoms with van der Waals surface area (Å²) >= 11 is 0. The maximum Gasteiger partial charge on any atom is 0.220 e. The molecule has 0 bridgehead atoms. The van der Waals surface area contributed by atoms with Crippen LogP contribution >= 0.6 is 0 Å². The Balaban J connectivity index is 2.54. The lowest BCUT2D eigenvalue weighted by atomic mass is 10.2. The van der Waals surface area contributed by atoms with Crippen molar-refractivity contribution in [2.75, 3.05) is 7.05 Å². The summed E-state index contributed by atoms with van der Waals surface area (Å²) in [6.45, 7) is 2.05. The molecule has 1 N–H and O–H groups in total. The minimum atomic E-state index is 0.0236. The Labute approximate surface area is 83.8 Å². The highest BCUT2D eigenvalue weighted by Crippen LogP contribution is 1.99. The van der Waals surface area contributed by atoms with E-state index in [-0.39, 0.29) is 5.91 Å². The molecule has 1 heterocycles. The first-order valence-electron chi connectivity index (χ1n) is 4.77. The van der Waals surface area contributed by atoms with Gasteiger partial charge in [0.2, 0.25) is 5.91 Å². The van der Waals surface area contributed by atoms with Crippen molar-refractivity contribution in [2.45, 2.75) is 26.2 Å². The number of aromatic nitrogens is 2. The van der Waals surface area contributed by atoms with E-state index in [1.807, 2.05) is 13.0 Å². The number of nitrogens with one attached hydrogen (secondary N) is 1. The monoisotopic (exact) mass is 193 g/mol. The quantitative estimate of drug-likeness (QED) is 0.766. The number of carbonyl (C=O) groups excluding carboxylic acids is 1. The molecular formula is C10H15N3O. The molecule has 1 rings (SSSR count). The van der Waals surface area contributed by atoms with Crippen LogP contribution < -0.4 is 5.32 Å². The number of nitrogens with zero attached hydrogens (tertiary/aromatic N) is 2. The van der Waals surface area contributed by atoms with Crippen molar-refractivity contribution in [3.63, 3.8) is 0 Å². The lowest BCUT2D eigenvalue weighted by molar-refractivity contribution is -0.120. The molecule has 0 saturated heterocycles. The normalized spacial score (nSPS) is 9.86. The topological polar surface area (TPSA) is 54.9 Å². The van der Waals surface area contributed by atoms with E-state index in [4.69, 9.17) is 0 Å². The van der Waals surface area contributed by atoms with Crippen LogP contribution in [0.25, 0.3) is 0 Å². The molecule has 0 saturated carbocycles. The van der Waals surface area contributed by atoms with Crippen molar-refractivity contribution in [3.05, 3.63) is 23.8 Å². The lowest BCUT2D eigenvalue weighted by Gasteiger charge is -2.01. The van der Waals surface area contributed by atoms with Crippen LogP contribution in [-0.2, 0) is 17.6 Å². The minimum absolute atomic E-state index is 0.0236. The van der Waals surface area contributed by atoms with Crippen LogP contribution in [0.2, 0.25) is 0 Å². The van der Waals surface area contributed by atoms with Crippen LogP contribution in [0.3, 0.4) is 0 Å². The van der Waals surface area contributed by atoms with Gasteiger partial charge in [0.05, 0.1) is 0 Å². The molecule has 0 aromatic carbocycles. The average molecular weight is 193 g/mol. The van der Waals surface area contributed by atoms with Crippen molar-refractivity contribution in [1.29, 1.82) is 0 Å². The molecule has 0 fully saturated rings. The molecule has 76 valence electrons. The van der Waals surface area contributed by atoms with Crippen LogP contribution in [0.5, 0.6) is 0 Å². The molecule has 0 aliphatic carbocycles. The molecule has 0 aliphatic heterocycles. The summed E-state index contributed by atoms with van der Waals surface area (Å²) in [6, 6.07) is 1.89. The third kappa shape index (κ3) is 3.12. The van der Waals surface area contributed by atoms with Crippen LogP contribution in [0, 0.1) is 0 Å². The van der Waals surface area contributed by atoms with Gasteiger partial charge < -0.3 is 5.32 Å². The van der Waals surface area contributed by atoms with Gasteiger partial charge >= 0.3 is 0 Å². The van der Waals surface area contributed by atoms with Gasteiger partial charge in [-0.1, -0.05) is 6.92 Å². The second kappa shape index (κ2) is 5.32. The Morgan fingerprint density at radius 3 is 3.00 bits per heavy atom. The largest absolute Gasteiger partial charge is 0.359 e. The van der Waals surface area contributed by atoms with Crippen LogP contribution in [0.1, 0.15) is 24.9 Å². The van der Waals surface area contributed by atoms with E-state index in [2.05, 4.69) is 15.3 Å². The lowest BCUT2D eigenvalue weighted by Crippen LogP contribution is -2.18. The molecular weight excluding hydrogens is 178 g/mol. The van der Waals surface area contributed by atoms with Crippen molar-refractivity contribution in [1.82, 2.24) is 15.3 Å². The number of carbonyl (C=O) groups is 1. The number of amides is 1. The summed E-state index contributed by atoms with van der Waals surface area (Å²) in [6.07, 6.45) is 3.69. The molecule has 0 spiro atoms. The standard InChI is InChI=1S/C10H15N3O/c1-3-8-6-7-12-9(13-8)4-5-10(14)11-2/h6-7H,3-5H2,1-2H3,(H,11,14). The van der Waals surface area contributed by atoms with Crippen molar-refractivity contribution in [3.8, 4) is 0 Å². The molecule has 0 radical (unpaired) electrons. The summed E-state index contributed by atoms with van der Waals surface area (Å²) in [5.41, 5.74) is 1.02. The van der Waals surface area contributed by atoms with Gasteiger partial charge in [-0.2, -0.15) is 0 Å². The van der Waals surface area contributed by atoms with Gasteiger partial charge in [0.15, 0.2) is 0 Å². The predicted octanol–water partition coefficient (Wildman–Crippen LogP) is 0.718. The Morgan fingerprint density at radius 2 is 2.36 bits per heavy atom. The summed E-state index contributed by atoms with van der Waals surface area (Å²) < 4.78 is 0. The highest BCUT2D eigenvalue weighted by atomic mass is 16.1. The smallest absolute Gasteiger partial charge is 0.220 e. The van der Waals surface area contributed by atoms with Gasteiger partial charge in [-0.05, 0) is 12.5 Å². The molecule has 0 unspecified atom stereocenters. The van der Waals surface area contributed by atoms with Gasteiger partial charge in [-0.15, -0.1) is 0 Å². The predicted molar refractivity (Wildman–Crippen MR) is 53.8 cm³/mol. The van der Waals surface area contributed by atoms with Crippen LogP contribution in [-0.4, -0.2) is 22.9 Å². The van der Waals surface area contributed by atoms with E-state index < -0.39 is 0 Å². The van der Waals surface area contributed by atoms with E-state index in [0.29, 0.717) is 12.8 Å². The van der Waals surface area contributed by atoms with E-state index in [1.54, 1.807) is 13.2 Å². The van der Waals surface area contributed by atoms with E-state index in [0.717, 1.165) is 17.9 Å².